The molecule has 4 aromatic rings. The maximum absolute atomic E-state index is 13.0. The van der Waals surface area contributed by atoms with Gasteiger partial charge in [0.05, 0.1) is 11.3 Å². The Bertz CT molecular complexity index is 1040. The van der Waals surface area contributed by atoms with Gasteiger partial charge in [-0.1, -0.05) is 35.0 Å². The number of furan rings is 1. The summed E-state index contributed by atoms with van der Waals surface area (Å²) in [6.45, 7) is 1.97. The van der Waals surface area contributed by atoms with Crippen LogP contribution in [0.4, 0.5) is 0 Å². The standard InChI is InChI=1S/C20H17ClN4O3/c1-13-18(19(24-28-13)14-6-2-3-7-15(14)21)20(26)22-12-16(17-8-4-11-27-17)25-10-5-9-23-25/h2-11,16H,12H2,1H3,(H,22,26). The summed E-state index contributed by atoms with van der Waals surface area (Å²) >= 11 is 6.27. The van der Waals surface area contributed by atoms with Gasteiger partial charge in [0.1, 0.15) is 28.8 Å². The fourth-order valence-electron chi connectivity index (χ4n) is 3.02. The van der Waals surface area contributed by atoms with Crippen LogP contribution in [0.2, 0.25) is 5.02 Å². The highest BCUT2D eigenvalue weighted by molar-refractivity contribution is 6.33. The zero-order chi connectivity index (χ0) is 19.5. The number of aromatic nitrogens is 3. The Hall–Kier alpha value is -3.32. The van der Waals surface area contributed by atoms with Gasteiger partial charge in [-0.05, 0) is 31.2 Å². The van der Waals surface area contributed by atoms with E-state index >= 15 is 0 Å². The van der Waals surface area contributed by atoms with Gasteiger partial charge in [-0.25, -0.2) is 0 Å². The van der Waals surface area contributed by atoms with Crippen molar-refractivity contribution < 1.29 is 13.7 Å². The molecule has 8 heteroatoms. The molecule has 0 aliphatic heterocycles. The lowest BCUT2D eigenvalue weighted by molar-refractivity contribution is 0.0947. The van der Waals surface area contributed by atoms with Crippen LogP contribution in [0.3, 0.4) is 0 Å². The Kier molecular flexibility index (Phi) is 4.99. The maximum Gasteiger partial charge on any atom is 0.257 e. The van der Waals surface area contributed by atoms with E-state index in [9.17, 15) is 4.79 Å². The van der Waals surface area contributed by atoms with Crippen molar-refractivity contribution in [3.8, 4) is 11.3 Å². The number of halogens is 1. The minimum atomic E-state index is -0.308. The van der Waals surface area contributed by atoms with E-state index in [-0.39, 0.29) is 18.5 Å². The van der Waals surface area contributed by atoms with Crippen LogP contribution < -0.4 is 5.32 Å². The summed E-state index contributed by atoms with van der Waals surface area (Å²) in [5.41, 5.74) is 1.40. The third-order valence-electron chi connectivity index (χ3n) is 4.39. The Morgan fingerprint density at radius 2 is 2.11 bits per heavy atom. The predicted octanol–water partition coefficient (Wildman–Crippen LogP) is 4.11. The zero-order valence-electron chi connectivity index (χ0n) is 15.0. The molecule has 142 valence electrons. The van der Waals surface area contributed by atoms with Crippen molar-refractivity contribution >= 4 is 17.5 Å². The molecule has 1 amide bonds. The second-order valence-electron chi connectivity index (χ2n) is 6.17. The van der Waals surface area contributed by atoms with Crippen molar-refractivity contribution in [3.63, 3.8) is 0 Å². The highest BCUT2D eigenvalue weighted by atomic mass is 35.5. The Morgan fingerprint density at radius 1 is 1.25 bits per heavy atom. The quantitative estimate of drug-likeness (QED) is 0.530. The van der Waals surface area contributed by atoms with Gasteiger partial charge in [-0.2, -0.15) is 5.10 Å². The lowest BCUT2D eigenvalue weighted by Gasteiger charge is -2.16. The minimum absolute atomic E-state index is 0.278. The first-order chi connectivity index (χ1) is 13.6. The number of benzene rings is 1. The number of nitrogens with one attached hydrogen (secondary N) is 1. The monoisotopic (exact) mass is 396 g/mol. The molecule has 3 heterocycles. The molecular weight excluding hydrogens is 380 g/mol. The van der Waals surface area contributed by atoms with Crippen LogP contribution in [0.1, 0.15) is 27.9 Å². The van der Waals surface area contributed by atoms with Gasteiger partial charge in [-0.15, -0.1) is 0 Å². The predicted molar refractivity (Wildman–Crippen MR) is 103 cm³/mol. The molecule has 0 bridgehead atoms. The summed E-state index contributed by atoms with van der Waals surface area (Å²) in [4.78, 5) is 13.0. The highest BCUT2D eigenvalue weighted by Gasteiger charge is 2.25. The molecule has 0 aliphatic carbocycles. The fourth-order valence-corrected chi connectivity index (χ4v) is 3.25. The van der Waals surface area contributed by atoms with Crippen LogP contribution in [0.25, 0.3) is 11.3 Å². The van der Waals surface area contributed by atoms with E-state index in [4.69, 9.17) is 20.5 Å². The molecule has 0 saturated heterocycles. The van der Waals surface area contributed by atoms with E-state index in [1.807, 2.05) is 30.5 Å². The summed E-state index contributed by atoms with van der Waals surface area (Å²) in [5, 5.41) is 11.7. The van der Waals surface area contributed by atoms with Gasteiger partial charge in [0.2, 0.25) is 0 Å². The van der Waals surface area contributed by atoms with Crippen LogP contribution in [-0.4, -0.2) is 27.4 Å². The Morgan fingerprint density at radius 3 is 2.82 bits per heavy atom. The Labute approximate surface area is 165 Å². The molecule has 1 N–H and O–H groups in total. The number of rotatable bonds is 6. The molecule has 1 aromatic carbocycles. The molecule has 0 saturated carbocycles. The number of carbonyl (C=O) groups excluding carboxylic acids is 1. The smallest absolute Gasteiger partial charge is 0.257 e. The average Bonchev–Trinajstić information content (AvgIpc) is 3.44. The summed E-state index contributed by atoms with van der Waals surface area (Å²) < 4.78 is 12.5. The van der Waals surface area contributed by atoms with Crippen LogP contribution in [-0.2, 0) is 0 Å². The third kappa shape index (κ3) is 3.44. The summed E-state index contributed by atoms with van der Waals surface area (Å²) in [6.07, 6.45) is 5.09. The van der Waals surface area contributed by atoms with E-state index in [0.717, 1.165) is 0 Å². The number of amides is 1. The normalized spacial score (nSPS) is 12.1. The van der Waals surface area contributed by atoms with Gasteiger partial charge in [0.25, 0.3) is 5.91 Å². The molecule has 0 radical (unpaired) electrons. The largest absolute Gasteiger partial charge is 0.467 e. The number of carbonyl (C=O) groups is 1. The van der Waals surface area contributed by atoms with E-state index in [2.05, 4.69) is 15.6 Å². The molecule has 7 nitrogen and oxygen atoms in total. The van der Waals surface area contributed by atoms with Gasteiger partial charge < -0.3 is 14.3 Å². The highest BCUT2D eigenvalue weighted by Crippen LogP contribution is 2.31. The van der Waals surface area contributed by atoms with Gasteiger partial charge in [-0.3, -0.25) is 9.48 Å². The maximum atomic E-state index is 13.0. The molecule has 0 aliphatic rings. The number of hydrogen-bond acceptors (Lipinski definition) is 5. The van der Waals surface area contributed by atoms with Crippen molar-refractivity contribution in [2.75, 3.05) is 6.54 Å². The van der Waals surface area contributed by atoms with Crippen LogP contribution >= 0.6 is 11.6 Å². The van der Waals surface area contributed by atoms with E-state index < -0.39 is 0 Å². The third-order valence-corrected chi connectivity index (χ3v) is 4.72. The summed E-state index contributed by atoms with van der Waals surface area (Å²) in [6, 6.07) is 12.4. The van der Waals surface area contributed by atoms with E-state index in [1.54, 1.807) is 42.3 Å². The second kappa shape index (κ2) is 7.74. The Balaban J connectivity index is 1.59. The second-order valence-corrected chi connectivity index (χ2v) is 6.58. The average molecular weight is 397 g/mol. The number of aryl methyl sites for hydroxylation is 1. The molecular formula is C20H17ClN4O3. The van der Waals surface area contributed by atoms with Crippen molar-refractivity contribution in [2.45, 2.75) is 13.0 Å². The van der Waals surface area contributed by atoms with Crippen molar-refractivity contribution in [2.24, 2.45) is 0 Å². The van der Waals surface area contributed by atoms with Crippen LogP contribution in [0.5, 0.6) is 0 Å². The summed E-state index contributed by atoms with van der Waals surface area (Å²) in [7, 11) is 0. The van der Waals surface area contributed by atoms with E-state index in [0.29, 0.717) is 33.4 Å². The molecule has 4 rings (SSSR count). The zero-order valence-corrected chi connectivity index (χ0v) is 15.8. The molecule has 1 unspecified atom stereocenters. The lowest BCUT2D eigenvalue weighted by Crippen LogP contribution is -2.31. The lowest BCUT2D eigenvalue weighted by atomic mass is 10.1. The van der Waals surface area contributed by atoms with Gasteiger partial charge in [0.15, 0.2) is 0 Å². The van der Waals surface area contributed by atoms with Crippen LogP contribution in [0.15, 0.2) is 70.1 Å². The van der Waals surface area contributed by atoms with Gasteiger partial charge >= 0.3 is 0 Å². The topological polar surface area (TPSA) is 86.1 Å². The first-order valence-corrected chi connectivity index (χ1v) is 9.05. The van der Waals surface area contributed by atoms with Crippen molar-refractivity contribution in [3.05, 3.63) is 83.2 Å². The van der Waals surface area contributed by atoms with Gasteiger partial charge in [0, 0.05) is 24.5 Å². The number of nitrogens with zero attached hydrogens (tertiary/aromatic N) is 3. The molecule has 0 spiro atoms. The first kappa shape index (κ1) is 18.1. The van der Waals surface area contributed by atoms with Crippen molar-refractivity contribution in [1.82, 2.24) is 20.3 Å². The molecule has 1 atom stereocenters. The van der Waals surface area contributed by atoms with E-state index in [1.165, 1.54) is 0 Å². The molecule has 3 aromatic heterocycles. The number of hydrogen-bond donors (Lipinski definition) is 1. The fraction of sp³-hybridized carbons (Fsp3) is 0.150. The van der Waals surface area contributed by atoms with Crippen molar-refractivity contribution in [1.29, 1.82) is 0 Å². The molecule has 0 fully saturated rings. The minimum Gasteiger partial charge on any atom is -0.467 e. The molecule has 28 heavy (non-hydrogen) atoms. The van der Waals surface area contributed by atoms with Crippen LogP contribution in [0, 0.1) is 6.92 Å². The SMILES string of the molecule is Cc1onc(-c2ccccc2Cl)c1C(=O)NCC(c1ccco1)n1cccn1. The summed E-state index contributed by atoms with van der Waals surface area (Å²) in [5.74, 6) is 0.802. The first-order valence-electron chi connectivity index (χ1n) is 8.67.